The van der Waals surface area contributed by atoms with Gasteiger partial charge in [0, 0.05) is 10.6 Å². The summed E-state index contributed by atoms with van der Waals surface area (Å²) in [6.45, 7) is 0.0685. The third kappa shape index (κ3) is 3.31. The Hall–Kier alpha value is -2.77. The summed E-state index contributed by atoms with van der Waals surface area (Å²) in [4.78, 5) is 21.0. The van der Waals surface area contributed by atoms with Crippen LogP contribution in [0, 0.1) is 11.6 Å². The van der Waals surface area contributed by atoms with Gasteiger partial charge in [-0.1, -0.05) is 23.2 Å². The van der Waals surface area contributed by atoms with Gasteiger partial charge >= 0.3 is 0 Å². The second-order valence-electron chi connectivity index (χ2n) is 5.73. The zero-order valence-corrected chi connectivity index (χ0v) is 14.9. The summed E-state index contributed by atoms with van der Waals surface area (Å²) in [5.41, 5.74) is 0.695. The molecule has 2 aromatic heterocycles. The average Bonchev–Trinajstić information content (AvgIpc) is 3.09. The van der Waals surface area contributed by atoms with E-state index in [1.807, 2.05) is 0 Å². The minimum atomic E-state index is -1.00. The van der Waals surface area contributed by atoms with Gasteiger partial charge in [-0.25, -0.2) is 18.7 Å². The number of halogens is 4. The van der Waals surface area contributed by atoms with Crippen molar-refractivity contribution < 1.29 is 13.2 Å². The Labute approximate surface area is 160 Å². The predicted octanol–water partition coefficient (Wildman–Crippen LogP) is 4.68. The van der Waals surface area contributed by atoms with Gasteiger partial charge in [0.2, 0.25) is 5.89 Å². The maximum atomic E-state index is 13.4. The minimum Gasteiger partial charge on any atom is -0.444 e. The molecule has 9 heteroatoms. The molecule has 4 aromatic rings. The lowest BCUT2D eigenvalue weighted by Gasteiger charge is -2.06. The summed E-state index contributed by atoms with van der Waals surface area (Å²) in [6, 6.07) is 6.32. The summed E-state index contributed by atoms with van der Waals surface area (Å²) in [6.07, 6.45) is 2.68. The molecule has 4 rings (SSSR count). The summed E-state index contributed by atoms with van der Waals surface area (Å²) in [7, 11) is 0. The van der Waals surface area contributed by atoms with E-state index in [0.29, 0.717) is 16.2 Å². The van der Waals surface area contributed by atoms with E-state index in [1.165, 1.54) is 35.4 Å². The Bertz CT molecular complexity index is 1240. The molecule has 27 heavy (non-hydrogen) atoms. The number of nitrogens with zero attached hydrogens (tertiary/aromatic N) is 3. The lowest BCUT2D eigenvalue weighted by atomic mass is 10.2. The van der Waals surface area contributed by atoms with Crippen LogP contribution in [-0.2, 0) is 6.54 Å². The molecule has 0 atom stereocenters. The van der Waals surface area contributed by atoms with Crippen LogP contribution >= 0.6 is 23.2 Å². The maximum absolute atomic E-state index is 13.4. The summed E-state index contributed by atoms with van der Waals surface area (Å²) in [5.74, 6) is -1.86. The maximum Gasteiger partial charge on any atom is 0.261 e. The van der Waals surface area contributed by atoms with Gasteiger partial charge < -0.3 is 4.42 Å². The second kappa shape index (κ2) is 6.75. The van der Waals surface area contributed by atoms with Gasteiger partial charge in [-0.2, -0.15) is 0 Å². The van der Waals surface area contributed by atoms with Gasteiger partial charge in [0.1, 0.15) is 6.26 Å². The average molecular weight is 408 g/mol. The number of fused-ring (bicyclic) bond motifs is 1. The van der Waals surface area contributed by atoms with E-state index in [-0.39, 0.29) is 34.0 Å². The number of hydrogen-bond acceptors (Lipinski definition) is 4. The van der Waals surface area contributed by atoms with Crippen LogP contribution in [0.5, 0.6) is 0 Å². The molecule has 0 aliphatic rings. The first-order valence-corrected chi connectivity index (χ1v) is 8.42. The van der Waals surface area contributed by atoms with E-state index in [2.05, 4.69) is 9.97 Å². The van der Waals surface area contributed by atoms with Crippen molar-refractivity contribution in [3.05, 3.63) is 80.6 Å². The number of rotatable bonds is 3. The van der Waals surface area contributed by atoms with E-state index in [1.54, 1.807) is 0 Å². The highest BCUT2D eigenvalue weighted by Crippen LogP contribution is 2.24. The fraction of sp³-hybridized carbons (Fsp3) is 0.0556. The molecule has 2 aromatic carbocycles. The van der Waals surface area contributed by atoms with Crippen LogP contribution in [-0.4, -0.2) is 14.5 Å². The zero-order chi connectivity index (χ0) is 19.1. The highest BCUT2D eigenvalue weighted by Gasteiger charge is 2.13. The molecule has 0 saturated carbocycles. The SMILES string of the molecule is O=c1c2cc(Cl)cc(Cl)c2ncn1Cc1coc(-c2ccc(F)c(F)c2)n1. The van der Waals surface area contributed by atoms with Crippen molar-refractivity contribution in [1.29, 1.82) is 0 Å². The topological polar surface area (TPSA) is 60.9 Å². The fourth-order valence-corrected chi connectivity index (χ4v) is 3.17. The minimum absolute atomic E-state index is 0.0685. The quantitative estimate of drug-likeness (QED) is 0.494. The van der Waals surface area contributed by atoms with Crippen LogP contribution in [0.25, 0.3) is 22.4 Å². The number of benzene rings is 2. The predicted molar refractivity (Wildman–Crippen MR) is 97.0 cm³/mol. The summed E-state index contributed by atoms with van der Waals surface area (Å²) >= 11 is 12.0. The highest BCUT2D eigenvalue weighted by atomic mass is 35.5. The van der Waals surface area contributed by atoms with E-state index in [4.69, 9.17) is 27.6 Å². The molecule has 0 unspecified atom stereocenters. The molecule has 2 heterocycles. The van der Waals surface area contributed by atoms with Crippen LogP contribution in [0.3, 0.4) is 0 Å². The Kier molecular flexibility index (Phi) is 4.41. The molecule has 0 amide bonds. The summed E-state index contributed by atoms with van der Waals surface area (Å²) in [5, 5.41) is 0.884. The van der Waals surface area contributed by atoms with Crippen molar-refractivity contribution in [1.82, 2.24) is 14.5 Å². The third-order valence-corrected chi connectivity index (χ3v) is 4.40. The molecule has 0 bridgehead atoms. The molecule has 0 radical (unpaired) electrons. The number of oxazole rings is 1. The Balaban J connectivity index is 1.69. The molecular weight excluding hydrogens is 399 g/mol. The van der Waals surface area contributed by atoms with E-state index < -0.39 is 11.6 Å². The van der Waals surface area contributed by atoms with Crippen molar-refractivity contribution in [3.8, 4) is 11.5 Å². The lowest BCUT2D eigenvalue weighted by molar-refractivity contribution is 0.507. The van der Waals surface area contributed by atoms with Gasteiger partial charge in [-0.3, -0.25) is 9.36 Å². The molecule has 136 valence electrons. The zero-order valence-electron chi connectivity index (χ0n) is 13.4. The molecule has 5 nitrogen and oxygen atoms in total. The molecule has 0 N–H and O–H groups in total. The highest BCUT2D eigenvalue weighted by molar-refractivity contribution is 6.38. The van der Waals surface area contributed by atoms with Gasteiger partial charge in [0.15, 0.2) is 11.6 Å². The standard InChI is InChI=1S/C18H9Cl2F2N3O2/c19-10-4-12-16(13(20)5-10)23-8-25(18(12)26)6-11-7-27-17(24-11)9-1-2-14(21)15(22)3-9/h1-5,7-8H,6H2. The van der Waals surface area contributed by atoms with Crippen molar-refractivity contribution in [3.63, 3.8) is 0 Å². The van der Waals surface area contributed by atoms with Crippen molar-refractivity contribution in [2.75, 3.05) is 0 Å². The van der Waals surface area contributed by atoms with Crippen LogP contribution < -0.4 is 5.56 Å². The Morgan fingerprint density at radius 3 is 2.70 bits per heavy atom. The monoisotopic (exact) mass is 407 g/mol. The van der Waals surface area contributed by atoms with Crippen molar-refractivity contribution in [2.24, 2.45) is 0 Å². The Morgan fingerprint density at radius 1 is 1.11 bits per heavy atom. The molecule has 0 aliphatic heterocycles. The van der Waals surface area contributed by atoms with E-state index >= 15 is 0 Å². The summed E-state index contributed by atoms with van der Waals surface area (Å²) < 4.78 is 33.0. The fourth-order valence-electron chi connectivity index (χ4n) is 2.62. The second-order valence-corrected chi connectivity index (χ2v) is 6.58. The Morgan fingerprint density at radius 2 is 1.93 bits per heavy atom. The van der Waals surface area contributed by atoms with Gasteiger partial charge in [0.05, 0.1) is 34.5 Å². The van der Waals surface area contributed by atoms with Gasteiger partial charge in [0.25, 0.3) is 5.56 Å². The molecule has 0 spiro atoms. The van der Waals surface area contributed by atoms with Crippen LogP contribution in [0.15, 0.2) is 52.1 Å². The smallest absolute Gasteiger partial charge is 0.261 e. The third-order valence-electron chi connectivity index (χ3n) is 3.90. The molecule has 0 saturated heterocycles. The largest absolute Gasteiger partial charge is 0.444 e. The number of aromatic nitrogens is 3. The van der Waals surface area contributed by atoms with Crippen molar-refractivity contribution >= 4 is 34.1 Å². The van der Waals surface area contributed by atoms with Crippen LogP contribution in [0.2, 0.25) is 10.0 Å². The lowest BCUT2D eigenvalue weighted by Crippen LogP contribution is -2.21. The van der Waals surface area contributed by atoms with E-state index in [0.717, 1.165) is 12.1 Å². The van der Waals surface area contributed by atoms with Gasteiger partial charge in [-0.05, 0) is 30.3 Å². The normalized spacial score (nSPS) is 11.3. The first-order chi connectivity index (χ1) is 12.9. The molecule has 0 aliphatic carbocycles. The molecular formula is C18H9Cl2F2N3O2. The number of hydrogen-bond donors (Lipinski definition) is 0. The first kappa shape index (κ1) is 17.6. The first-order valence-electron chi connectivity index (χ1n) is 7.66. The van der Waals surface area contributed by atoms with Crippen LogP contribution in [0.1, 0.15) is 5.69 Å². The van der Waals surface area contributed by atoms with Gasteiger partial charge in [-0.15, -0.1) is 0 Å². The van der Waals surface area contributed by atoms with Crippen molar-refractivity contribution in [2.45, 2.75) is 6.54 Å². The van der Waals surface area contributed by atoms with Crippen LogP contribution in [0.4, 0.5) is 8.78 Å². The molecule has 0 fully saturated rings. The van der Waals surface area contributed by atoms with E-state index in [9.17, 15) is 13.6 Å².